The number of benzene rings is 10. The molecule has 0 bridgehead atoms. The third-order valence-electron chi connectivity index (χ3n) is 20.1. The SMILES string of the molecule is Cc1cc[n+](C)c(-c2cc(-c3ccccc3)ccc2C)c1.[2H]C([2H])([2H])C([2H])(C)c1cc[n+](C)c(-c2ccc(-c3ccccc3)cc2C)c1.[2H]C([2H])([2H])c1c[n+](C)c(-c2cc(-c3ccccc3)ccc2C)cc1C.[2H]C([2H])([2H])c1c[n+](C)c(-c2ccc(-c3ccccc3)cc2C)cc1C.[2H]C([2H])([2H])c1ccc(-c2cc(-c3ccccc3)ccc2C)[n+](C)c1. The fourth-order valence-electron chi connectivity index (χ4n) is 13.6. The van der Waals surface area contributed by atoms with Crippen molar-refractivity contribution in [3.63, 3.8) is 0 Å². The molecule has 1 atom stereocenters. The number of aryl methyl sites for hydroxylation is 16. The topological polar surface area (TPSA) is 19.4 Å². The lowest BCUT2D eigenvalue weighted by Gasteiger charge is -2.10. The molecule has 5 heterocycles. The Morgan fingerprint density at radius 1 is 0.239 bits per heavy atom. The Morgan fingerprint density at radius 2 is 0.578 bits per heavy atom. The summed E-state index contributed by atoms with van der Waals surface area (Å²) < 4.78 is 110. The van der Waals surface area contributed by atoms with Gasteiger partial charge in [-0.2, -0.15) is 0 Å². The molecule has 5 aromatic heterocycles. The molecular formula is C104H108N5+5. The van der Waals surface area contributed by atoms with Crippen LogP contribution in [0.3, 0.4) is 0 Å². The monoisotopic (exact) mass is 1440 g/mol. The van der Waals surface area contributed by atoms with Gasteiger partial charge in [-0.3, -0.25) is 0 Å². The van der Waals surface area contributed by atoms with E-state index in [2.05, 4.69) is 241 Å². The summed E-state index contributed by atoms with van der Waals surface area (Å²) in [5.74, 6) is -1.66. The first kappa shape index (κ1) is 62.0. The van der Waals surface area contributed by atoms with Crippen molar-refractivity contribution in [2.45, 2.75) is 95.6 Å². The summed E-state index contributed by atoms with van der Waals surface area (Å²) in [6.45, 7) is 9.12. The van der Waals surface area contributed by atoms with E-state index in [1.54, 1.807) is 30.7 Å². The van der Waals surface area contributed by atoms with E-state index in [-0.39, 0.29) is 0 Å². The van der Waals surface area contributed by atoms with Gasteiger partial charge >= 0.3 is 0 Å². The van der Waals surface area contributed by atoms with Gasteiger partial charge in [-0.1, -0.05) is 226 Å². The lowest BCUT2D eigenvalue weighted by molar-refractivity contribution is -0.660. The number of rotatable bonds is 11. The zero-order chi connectivity index (χ0) is 88.3. The molecule has 5 heteroatoms. The molecule has 0 saturated carbocycles. The van der Waals surface area contributed by atoms with Crippen molar-refractivity contribution in [3.8, 4) is 112 Å². The largest absolute Gasteiger partial charge is 0.212 e. The first-order chi connectivity index (χ1) is 57.7. The molecule has 0 aliphatic carbocycles. The maximum absolute atomic E-state index is 8.38. The van der Waals surface area contributed by atoms with Crippen molar-refractivity contribution < 1.29 is 40.7 Å². The Morgan fingerprint density at radius 3 is 0.945 bits per heavy atom. The van der Waals surface area contributed by atoms with E-state index in [1.807, 2.05) is 164 Å². The molecule has 15 rings (SSSR count). The van der Waals surface area contributed by atoms with Crippen molar-refractivity contribution in [1.29, 1.82) is 0 Å². The zero-order valence-electron chi connectivity index (χ0n) is 78.3. The zero-order valence-corrected chi connectivity index (χ0v) is 65.3. The molecule has 0 saturated heterocycles. The molecule has 0 spiro atoms. The van der Waals surface area contributed by atoms with Crippen molar-refractivity contribution in [2.75, 3.05) is 0 Å². The van der Waals surface area contributed by atoms with E-state index in [4.69, 9.17) is 17.8 Å². The molecule has 1 unspecified atom stereocenters. The van der Waals surface area contributed by atoms with E-state index in [1.165, 1.54) is 62.7 Å². The second-order valence-electron chi connectivity index (χ2n) is 28.4. The minimum atomic E-state index is -2.39. The summed E-state index contributed by atoms with van der Waals surface area (Å²) in [5.41, 5.74) is 33.1. The maximum Gasteiger partial charge on any atom is 0.212 e. The van der Waals surface area contributed by atoms with Gasteiger partial charge in [0.15, 0.2) is 31.0 Å². The maximum atomic E-state index is 8.38. The van der Waals surface area contributed by atoms with Gasteiger partial charge in [0.05, 0.1) is 0 Å². The van der Waals surface area contributed by atoms with Gasteiger partial charge in [-0.25, -0.2) is 22.8 Å². The summed E-state index contributed by atoms with van der Waals surface area (Å²) in [6.07, 6.45) is 9.10. The van der Waals surface area contributed by atoms with Crippen LogP contribution in [0.2, 0.25) is 0 Å². The second kappa shape index (κ2) is 36.0. The third-order valence-corrected chi connectivity index (χ3v) is 20.1. The summed E-state index contributed by atoms with van der Waals surface area (Å²) in [4.78, 5) is 0. The van der Waals surface area contributed by atoms with Gasteiger partial charge in [-0.05, 0) is 224 Å². The van der Waals surface area contributed by atoms with Crippen LogP contribution in [0, 0.1) is 75.9 Å². The van der Waals surface area contributed by atoms with Gasteiger partial charge < -0.3 is 0 Å². The Kier molecular flexibility index (Phi) is 20.5. The van der Waals surface area contributed by atoms with Crippen LogP contribution in [-0.4, -0.2) is 0 Å². The van der Waals surface area contributed by atoms with E-state index in [9.17, 15) is 0 Å². The Hall–Kier alpha value is -12.1. The standard InChI is InChI=1S/C22H24N.2C21H22N.2C20H20N/c1-16(2)19-12-13-23(4)22(15-19)21-11-10-20(14-17(21)3)18-8-6-5-7-9-18;1-15-13-21(22(4)14-17(15)3)20-11-10-19(12-16(20)2)18-8-6-5-7-9-18;1-15-10-11-19(18-8-6-5-7-9-18)13-20(15)21-12-16(2)17(3)14-22(21)4;1-15-9-12-20(21(3)14-15)19-13-18(11-10-16(19)2)17-7-5-4-6-8-17;1-15-11-12-21(3)20(13-15)19-14-18(10-9-16(19)2)17-7-5-4-6-8-17/h5-16H,1-4H3;2*5-14H,1-4H3;2*4-14H,1-3H3/q5*+1/i1D3,16D;2*3D3;1D3;. The third kappa shape index (κ3) is 19.6. The number of hydrogen-bond donors (Lipinski definition) is 0. The molecule has 0 amide bonds. The van der Waals surface area contributed by atoms with Crippen LogP contribution in [0.5, 0.6) is 0 Å². The van der Waals surface area contributed by atoms with Crippen LogP contribution in [0.1, 0.15) is 104 Å². The van der Waals surface area contributed by atoms with Crippen LogP contribution in [0.25, 0.3) is 112 Å². The van der Waals surface area contributed by atoms with E-state index < -0.39 is 33.3 Å². The normalized spacial score (nSPS) is 13.5. The summed E-state index contributed by atoms with van der Waals surface area (Å²) >= 11 is 0. The van der Waals surface area contributed by atoms with Gasteiger partial charge in [0.25, 0.3) is 0 Å². The van der Waals surface area contributed by atoms with Crippen molar-refractivity contribution >= 4 is 0 Å². The average Bonchev–Trinajstić information content (AvgIpc) is 0.780. The lowest BCUT2D eigenvalue weighted by atomic mass is 9.96. The highest BCUT2D eigenvalue weighted by molar-refractivity contribution is 5.77. The van der Waals surface area contributed by atoms with Crippen LogP contribution in [0.4, 0.5) is 0 Å². The molecule has 15 aromatic rings. The Labute approximate surface area is 669 Å². The molecule has 109 heavy (non-hydrogen) atoms. The quantitative estimate of drug-likeness (QED) is 0.115. The lowest BCUT2D eigenvalue weighted by Crippen LogP contribution is -2.31. The first-order valence-electron chi connectivity index (χ1n) is 43.5. The van der Waals surface area contributed by atoms with E-state index in [0.717, 1.165) is 101 Å². The number of nitrogens with zero attached hydrogens (tertiary/aromatic N) is 5. The fourth-order valence-corrected chi connectivity index (χ4v) is 13.6. The molecular weight excluding hydrogens is 1320 g/mol. The highest BCUT2D eigenvalue weighted by Crippen LogP contribution is 2.34. The molecule has 5 nitrogen and oxygen atoms in total. The molecule has 0 fully saturated rings. The molecule has 544 valence electrons. The van der Waals surface area contributed by atoms with Crippen LogP contribution >= 0.6 is 0 Å². The summed E-state index contributed by atoms with van der Waals surface area (Å²) in [7, 11) is 9.72. The number of pyridine rings is 5. The van der Waals surface area contributed by atoms with Crippen molar-refractivity contribution in [3.05, 3.63) is 389 Å². The summed E-state index contributed by atoms with van der Waals surface area (Å²) in [6, 6.07) is 99.2. The molecule has 0 aliphatic heterocycles. The minimum Gasteiger partial charge on any atom is -0.201 e. The van der Waals surface area contributed by atoms with E-state index in [0.29, 0.717) is 22.3 Å². The smallest absolute Gasteiger partial charge is 0.201 e. The van der Waals surface area contributed by atoms with Gasteiger partial charge in [0, 0.05) is 105 Å². The Balaban J connectivity index is 0.000000149. The van der Waals surface area contributed by atoms with Crippen molar-refractivity contribution in [1.82, 2.24) is 0 Å². The number of hydrogen-bond acceptors (Lipinski definition) is 0. The molecule has 0 N–H and O–H groups in total. The Bertz CT molecular complexity index is 6180. The van der Waals surface area contributed by atoms with Gasteiger partial charge in [0.2, 0.25) is 28.5 Å². The van der Waals surface area contributed by atoms with Gasteiger partial charge in [0.1, 0.15) is 35.2 Å². The van der Waals surface area contributed by atoms with Crippen LogP contribution < -0.4 is 22.8 Å². The first-order valence-corrected chi connectivity index (χ1v) is 37.0. The van der Waals surface area contributed by atoms with E-state index >= 15 is 0 Å². The molecule has 0 aliphatic rings. The van der Waals surface area contributed by atoms with Gasteiger partial charge in [-0.15, -0.1) is 0 Å². The molecule has 0 radical (unpaired) electrons. The minimum absolute atomic E-state index is 0.352. The molecule has 10 aromatic carbocycles. The second-order valence-corrected chi connectivity index (χ2v) is 28.4. The predicted molar refractivity (Wildman–Crippen MR) is 459 cm³/mol. The van der Waals surface area contributed by atoms with Crippen molar-refractivity contribution in [2.24, 2.45) is 35.2 Å². The average molecular weight is 1440 g/mol. The highest BCUT2D eigenvalue weighted by Gasteiger charge is 2.21. The van der Waals surface area contributed by atoms with Crippen LogP contribution in [0.15, 0.2) is 322 Å². The highest BCUT2D eigenvalue weighted by atomic mass is 14.9. The van der Waals surface area contributed by atoms with Crippen LogP contribution in [-0.2, 0) is 35.2 Å². The summed E-state index contributed by atoms with van der Waals surface area (Å²) in [5, 5.41) is 0. The fraction of sp³-hybridized carbons (Fsp3) is 0.183. The predicted octanol–water partition coefficient (Wildman–Crippen LogP) is 23.7. The number of aromatic nitrogens is 5.